The van der Waals surface area contributed by atoms with E-state index in [1.165, 1.54) is 4.88 Å². The second-order valence-corrected chi connectivity index (χ2v) is 5.91. The number of aromatic nitrogens is 1. The van der Waals surface area contributed by atoms with Crippen molar-refractivity contribution in [2.75, 3.05) is 18.1 Å². The number of amides is 1. The monoisotopic (exact) mass is 304 g/mol. The normalized spacial score (nSPS) is 12.0. The van der Waals surface area contributed by atoms with Gasteiger partial charge in [-0.15, -0.1) is 11.3 Å². The molecule has 2 aromatic rings. The van der Waals surface area contributed by atoms with Gasteiger partial charge in [0.25, 0.3) is 5.91 Å². The van der Waals surface area contributed by atoms with E-state index < -0.39 is 0 Å². The summed E-state index contributed by atoms with van der Waals surface area (Å²) in [7, 11) is 1.61. The van der Waals surface area contributed by atoms with E-state index >= 15 is 0 Å². The molecule has 4 N–H and O–H groups in total. The molecule has 0 bridgehead atoms. The molecular formula is C15H20N4OS. The predicted octanol–water partition coefficient (Wildman–Crippen LogP) is 2.82. The third kappa shape index (κ3) is 3.52. The van der Waals surface area contributed by atoms with Gasteiger partial charge in [0.05, 0.1) is 17.4 Å². The SMILES string of the molecule is CCc1cnc(C(C)Nc2cc(C(=O)NC)ccc2N)s1. The topological polar surface area (TPSA) is 80.0 Å². The van der Waals surface area contributed by atoms with Gasteiger partial charge in [0.2, 0.25) is 0 Å². The first-order valence-electron chi connectivity index (χ1n) is 6.87. The lowest BCUT2D eigenvalue weighted by Crippen LogP contribution is -2.18. The minimum absolute atomic E-state index is 0.0394. The summed E-state index contributed by atoms with van der Waals surface area (Å²) in [5.41, 5.74) is 7.92. The van der Waals surface area contributed by atoms with Crippen molar-refractivity contribution in [2.24, 2.45) is 0 Å². The fraction of sp³-hybridized carbons (Fsp3) is 0.333. The van der Waals surface area contributed by atoms with Gasteiger partial charge in [0.1, 0.15) is 5.01 Å². The fourth-order valence-electron chi connectivity index (χ4n) is 1.95. The number of nitrogens with one attached hydrogen (secondary N) is 2. The van der Waals surface area contributed by atoms with Gasteiger partial charge in [0.15, 0.2) is 0 Å². The van der Waals surface area contributed by atoms with E-state index in [0.29, 0.717) is 11.3 Å². The van der Waals surface area contributed by atoms with Crippen LogP contribution in [0.3, 0.4) is 0 Å². The van der Waals surface area contributed by atoms with Crippen molar-refractivity contribution in [3.05, 3.63) is 39.8 Å². The average Bonchev–Trinajstić information content (AvgIpc) is 2.97. The van der Waals surface area contributed by atoms with E-state index in [0.717, 1.165) is 17.1 Å². The summed E-state index contributed by atoms with van der Waals surface area (Å²) in [6.45, 7) is 4.14. The minimum atomic E-state index is -0.131. The zero-order chi connectivity index (χ0) is 15.4. The molecule has 6 heteroatoms. The molecule has 1 atom stereocenters. The molecule has 0 aliphatic carbocycles. The summed E-state index contributed by atoms with van der Waals surface area (Å²) in [6.07, 6.45) is 2.89. The van der Waals surface area contributed by atoms with Crippen LogP contribution in [0.15, 0.2) is 24.4 Å². The summed E-state index contributed by atoms with van der Waals surface area (Å²) >= 11 is 1.69. The summed E-state index contributed by atoms with van der Waals surface area (Å²) in [6, 6.07) is 5.25. The number of thiazole rings is 1. The largest absolute Gasteiger partial charge is 0.397 e. The molecule has 0 fully saturated rings. The van der Waals surface area contributed by atoms with E-state index in [-0.39, 0.29) is 11.9 Å². The lowest BCUT2D eigenvalue weighted by molar-refractivity contribution is 0.0963. The van der Waals surface area contributed by atoms with Gasteiger partial charge < -0.3 is 16.4 Å². The highest BCUT2D eigenvalue weighted by Gasteiger charge is 2.13. The molecule has 112 valence electrons. The Kier molecular flexibility index (Phi) is 4.80. The van der Waals surface area contributed by atoms with Crippen LogP contribution < -0.4 is 16.4 Å². The third-order valence-electron chi connectivity index (χ3n) is 3.20. The van der Waals surface area contributed by atoms with E-state index in [4.69, 9.17) is 5.73 Å². The molecule has 0 spiro atoms. The second-order valence-electron chi connectivity index (χ2n) is 4.77. The zero-order valence-electron chi connectivity index (χ0n) is 12.4. The Bertz CT molecular complexity index is 638. The summed E-state index contributed by atoms with van der Waals surface area (Å²) in [5, 5.41) is 6.94. The van der Waals surface area contributed by atoms with Gasteiger partial charge in [-0.3, -0.25) is 4.79 Å². The number of carbonyl (C=O) groups excluding carboxylic acids is 1. The van der Waals surface area contributed by atoms with E-state index in [9.17, 15) is 4.79 Å². The van der Waals surface area contributed by atoms with Crippen LogP contribution in [0.1, 0.15) is 40.1 Å². The molecule has 0 aliphatic rings. The van der Waals surface area contributed by atoms with Gasteiger partial charge in [0, 0.05) is 23.7 Å². The lowest BCUT2D eigenvalue weighted by Gasteiger charge is -2.15. The first kappa shape index (κ1) is 15.3. The molecule has 0 saturated carbocycles. The fourth-order valence-corrected chi connectivity index (χ4v) is 2.81. The number of nitrogen functional groups attached to an aromatic ring is 1. The Balaban J connectivity index is 2.19. The van der Waals surface area contributed by atoms with Crippen molar-refractivity contribution in [3.63, 3.8) is 0 Å². The minimum Gasteiger partial charge on any atom is -0.397 e. The van der Waals surface area contributed by atoms with Gasteiger partial charge >= 0.3 is 0 Å². The van der Waals surface area contributed by atoms with Crippen LogP contribution in [0.25, 0.3) is 0 Å². The van der Waals surface area contributed by atoms with Crippen molar-refractivity contribution in [1.29, 1.82) is 0 Å². The molecule has 1 aromatic heterocycles. The highest BCUT2D eigenvalue weighted by Crippen LogP contribution is 2.27. The molecule has 21 heavy (non-hydrogen) atoms. The molecule has 1 heterocycles. The Labute approximate surface area is 128 Å². The Hall–Kier alpha value is -2.08. The zero-order valence-corrected chi connectivity index (χ0v) is 13.3. The number of hydrogen-bond donors (Lipinski definition) is 3. The quantitative estimate of drug-likeness (QED) is 0.742. The number of benzene rings is 1. The number of rotatable bonds is 5. The standard InChI is InChI=1S/C15H20N4OS/c1-4-11-8-18-15(21-11)9(2)19-13-7-10(14(20)17-3)5-6-12(13)16/h5-9,19H,4,16H2,1-3H3,(H,17,20). The van der Waals surface area contributed by atoms with E-state index in [2.05, 4.69) is 22.5 Å². The van der Waals surface area contributed by atoms with Crippen LogP contribution in [-0.4, -0.2) is 17.9 Å². The highest BCUT2D eigenvalue weighted by molar-refractivity contribution is 7.11. The average molecular weight is 304 g/mol. The number of hydrogen-bond acceptors (Lipinski definition) is 5. The van der Waals surface area contributed by atoms with Crippen LogP contribution in [0.5, 0.6) is 0 Å². The van der Waals surface area contributed by atoms with Crippen molar-refractivity contribution >= 4 is 28.6 Å². The number of anilines is 2. The van der Waals surface area contributed by atoms with Crippen LogP contribution >= 0.6 is 11.3 Å². The number of nitrogens with zero attached hydrogens (tertiary/aromatic N) is 1. The van der Waals surface area contributed by atoms with Crippen LogP contribution in [0.2, 0.25) is 0 Å². The molecule has 0 saturated heterocycles. The maximum absolute atomic E-state index is 11.7. The maximum atomic E-state index is 11.7. The van der Waals surface area contributed by atoms with E-state index in [1.54, 1.807) is 36.6 Å². The van der Waals surface area contributed by atoms with Crippen LogP contribution in [0, 0.1) is 0 Å². The first-order valence-corrected chi connectivity index (χ1v) is 7.69. The van der Waals surface area contributed by atoms with Crippen LogP contribution in [-0.2, 0) is 6.42 Å². The van der Waals surface area contributed by atoms with Crippen molar-refractivity contribution in [2.45, 2.75) is 26.3 Å². The molecule has 1 amide bonds. The molecule has 0 radical (unpaired) electrons. The van der Waals surface area contributed by atoms with Gasteiger partial charge in [-0.2, -0.15) is 0 Å². The van der Waals surface area contributed by atoms with Crippen molar-refractivity contribution < 1.29 is 4.79 Å². The highest BCUT2D eigenvalue weighted by atomic mass is 32.1. The number of nitrogens with two attached hydrogens (primary N) is 1. The maximum Gasteiger partial charge on any atom is 0.251 e. The molecule has 1 unspecified atom stereocenters. The van der Waals surface area contributed by atoms with E-state index in [1.807, 2.05) is 13.1 Å². The Morgan fingerprint density at radius 1 is 1.48 bits per heavy atom. The predicted molar refractivity (Wildman–Crippen MR) is 87.8 cm³/mol. The Morgan fingerprint density at radius 2 is 2.24 bits per heavy atom. The molecule has 0 aliphatic heterocycles. The number of carbonyl (C=O) groups is 1. The molecule has 5 nitrogen and oxygen atoms in total. The van der Waals surface area contributed by atoms with Gasteiger partial charge in [-0.25, -0.2) is 4.98 Å². The Morgan fingerprint density at radius 3 is 2.86 bits per heavy atom. The summed E-state index contributed by atoms with van der Waals surface area (Å²) in [5.74, 6) is -0.131. The lowest BCUT2D eigenvalue weighted by atomic mass is 10.1. The molecular weight excluding hydrogens is 284 g/mol. The molecule has 2 rings (SSSR count). The molecule has 1 aromatic carbocycles. The van der Waals surface area contributed by atoms with Crippen molar-refractivity contribution in [3.8, 4) is 0 Å². The smallest absolute Gasteiger partial charge is 0.251 e. The second kappa shape index (κ2) is 6.58. The van der Waals surface area contributed by atoms with Gasteiger partial charge in [-0.1, -0.05) is 6.92 Å². The summed E-state index contributed by atoms with van der Waals surface area (Å²) in [4.78, 5) is 17.4. The summed E-state index contributed by atoms with van der Waals surface area (Å²) < 4.78 is 0. The third-order valence-corrected chi connectivity index (χ3v) is 4.53. The van der Waals surface area contributed by atoms with Crippen molar-refractivity contribution in [1.82, 2.24) is 10.3 Å². The first-order chi connectivity index (χ1) is 10.0. The van der Waals surface area contributed by atoms with Crippen LogP contribution in [0.4, 0.5) is 11.4 Å². The number of aryl methyl sites for hydroxylation is 1. The van der Waals surface area contributed by atoms with Gasteiger partial charge in [-0.05, 0) is 31.5 Å².